The number of rotatable bonds is 1. The maximum absolute atomic E-state index is 11.4. The van der Waals surface area contributed by atoms with Gasteiger partial charge in [-0.05, 0) is 29.9 Å². The van der Waals surface area contributed by atoms with E-state index in [1.165, 1.54) is 0 Å². The van der Waals surface area contributed by atoms with Crippen LogP contribution in [-0.2, 0) is 10.4 Å². The van der Waals surface area contributed by atoms with Crippen LogP contribution in [0.4, 0.5) is 0 Å². The molecule has 84 valence electrons. The van der Waals surface area contributed by atoms with Crippen molar-refractivity contribution in [3.63, 3.8) is 0 Å². The average molecular weight is 218 g/mol. The zero-order valence-electron chi connectivity index (χ0n) is 8.89. The van der Waals surface area contributed by atoms with Crippen molar-refractivity contribution in [1.29, 1.82) is 0 Å². The summed E-state index contributed by atoms with van der Waals surface area (Å²) in [4.78, 5) is 11.4. The van der Waals surface area contributed by atoms with Gasteiger partial charge in [0.1, 0.15) is 0 Å². The highest BCUT2D eigenvalue weighted by molar-refractivity contribution is 5.82. The van der Waals surface area contributed by atoms with E-state index in [1.807, 2.05) is 12.1 Å². The number of benzene rings is 1. The van der Waals surface area contributed by atoms with Gasteiger partial charge in [0.25, 0.3) is 0 Å². The van der Waals surface area contributed by atoms with Crippen LogP contribution in [0.1, 0.15) is 36.3 Å². The molecule has 2 aliphatic carbocycles. The second kappa shape index (κ2) is 3.08. The summed E-state index contributed by atoms with van der Waals surface area (Å²) in [6.07, 6.45) is 2.82. The molecule has 0 aliphatic heterocycles. The maximum Gasteiger partial charge on any atom is 0.340 e. The van der Waals surface area contributed by atoms with Crippen molar-refractivity contribution in [3.05, 3.63) is 35.4 Å². The average Bonchev–Trinajstić information content (AvgIpc) is 2.83. The highest BCUT2D eigenvalue weighted by Gasteiger charge is 2.57. The number of hydrogen-bond donors (Lipinski definition) is 2. The van der Waals surface area contributed by atoms with E-state index in [1.54, 1.807) is 12.1 Å². The highest BCUT2D eigenvalue weighted by Crippen LogP contribution is 2.56. The Bertz CT molecular complexity index is 454. The number of carbonyl (C=O) groups is 1. The SMILES string of the molecule is O=C(O)[C@]1(O)c2ccccc2[C@H]2CCC[C@H]21. The van der Waals surface area contributed by atoms with Gasteiger partial charge in [-0.1, -0.05) is 30.7 Å². The van der Waals surface area contributed by atoms with Crippen molar-refractivity contribution >= 4 is 5.97 Å². The van der Waals surface area contributed by atoms with E-state index in [2.05, 4.69) is 0 Å². The van der Waals surface area contributed by atoms with Crippen LogP contribution < -0.4 is 0 Å². The molecule has 0 heterocycles. The molecule has 3 heteroatoms. The smallest absolute Gasteiger partial charge is 0.340 e. The molecular formula is C13H14O3. The fourth-order valence-electron chi connectivity index (χ4n) is 3.47. The van der Waals surface area contributed by atoms with Gasteiger partial charge in [0.15, 0.2) is 5.60 Å². The number of aliphatic hydroxyl groups is 1. The van der Waals surface area contributed by atoms with Crippen molar-refractivity contribution in [3.8, 4) is 0 Å². The molecule has 2 aliphatic rings. The van der Waals surface area contributed by atoms with Crippen LogP contribution in [0, 0.1) is 5.92 Å². The lowest BCUT2D eigenvalue weighted by molar-refractivity contribution is -0.165. The van der Waals surface area contributed by atoms with Gasteiger partial charge in [-0.15, -0.1) is 0 Å². The van der Waals surface area contributed by atoms with Gasteiger partial charge < -0.3 is 10.2 Å². The Hall–Kier alpha value is -1.35. The summed E-state index contributed by atoms with van der Waals surface area (Å²) in [6.45, 7) is 0. The Morgan fingerprint density at radius 3 is 2.81 bits per heavy atom. The lowest BCUT2D eigenvalue weighted by Crippen LogP contribution is -2.39. The van der Waals surface area contributed by atoms with E-state index in [9.17, 15) is 15.0 Å². The summed E-state index contributed by atoms with van der Waals surface area (Å²) in [5, 5.41) is 19.8. The predicted octanol–water partition coefficient (Wildman–Crippen LogP) is 1.86. The number of fused-ring (bicyclic) bond motifs is 3. The molecule has 16 heavy (non-hydrogen) atoms. The molecule has 1 aromatic carbocycles. The maximum atomic E-state index is 11.4. The Morgan fingerprint density at radius 1 is 1.31 bits per heavy atom. The van der Waals surface area contributed by atoms with Gasteiger partial charge in [-0.3, -0.25) is 0 Å². The van der Waals surface area contributed by atoms with Crippen molar-refractivity contribution in [2.45, 2.75) is 30.8 Å². The van der Waals surface area contributed by atoms with Crippen LogP contribution in [0.5, 0.6) is 0 Å². The number of carboxylic acid groups (broad SMARTS) is 1. The lowest BCUT2D eigenvalue weighted by atomic mass is 9.85. The molecule has 0 amide bonds. The number of carboxylic acids is 1. The summed E-state index contributed by atoms with van der Waals surface area (Å²) in [7, 11) is 0. The Labute approximate surface area is 93.7 Å². The molecule has 2 N–H and O–H groups in total. The van der Waals surface area contributed by atoms with Crippen molar-refractivity contribution in [1.82, 2.24) is 0 Å². The van der Waals surface area contributed by atoms with Crippen LogP contribution in [0.25, 0.3) is 0 Å². The summed E-state index contributed by atoms with van der Waals surface area (Å²) in [5.74, 6) is -1.01. The van der Waals surface area contributed by atoms with Crippen molar-refractivity contribution < 1.29 is 15.0 Å². The van der Waals surface area contributed by atoms with E-state index >= 15 is 0 Å². The first kappa shape index (κ1) is 9.85. The Kier molecular flexibility index (Phi) is 1.89. The molecule has 3 rings (SSSR count). The fraction of sp³-hybridized carbons (Fsp3) is 0.462. The van der Waals surface area contributed by atoms with Crippen molar-refractivity contribution in [2.24, 2.45) is 5.92 Å². The van der Waals surface area contributed by atoms with Crippen LogP contribution in [-0.4, -0.2) is 16.2 Å². The number of hydrogen-bond acceptors (Lipinski definition) is 2. The third kappa shape index (κ3) is 0.990. The third-order valence-electron chi connectivity index (χ3n) is 4.15. The topological polar surface area (TPSA) is 57.5 Å². The van der Waals surface area contributed by atoms with Crippen LogP contribution in [0.2, 0.25) is 0 Å². The minimum absolute atomic E-state index is 0.137. The van der Waals surface area contributed by atoms with E-state index < -0.39 is 11.6 Å². The molecular weight excluding hydrogens is 204 g/mol. The molecule has 1 saturated carbocycles. The van der Waals surface area contributed by atoms with Crippen LogP contribution in [0.15, 0.2) is 24.3 Å². The zero-order valence-corrected chi connectivity index (χ0v) is 8.89. The summed E-state index contributed by atoms with van der Waals surface area (Å²) in [5.41, 5.74) is -0.00954. The largest absolute Gasteiger partial charge is 0.479 e. The standard InChI is InChI=1S/C13H14O3/c14-12(15)13(16)10-6-2-1-4-8(10)9-5-3-7-11(9)13/h1-2,4,6,9,11,16H,3,5,7H2,(H,14,15)/t9-,11-,13+/m1/s1. The molecule has 3 nitrogen and oxygen atoms in total. The van der Waals surface area contributed by atoms with Gasteiger partial charge in [0.2, 0.25) is 0 Å². The minimum atomic E-state index is -1.65. The Morgan fingerprint density at radius 2 is 2.06 bits per heavy atom. The first-order valence-corrected chi connectivity index (χ1v) is 5.71. The summed E-state index contributed by atoms with van der Waals surface area (Å²) >= 11 is 0. The monoisotopic (exact) mass is 218 g/mol. The molecule has 0 spiro atoms. The van der Waals surface area contributed by atoms with Gasteiger partial charge in [0, 0.05) is 5.92 Å². The first-order valence-electron chi connectivity index (χ1n) is 5.71. The van der Waals surface area contributed by atoms with Gasteiger partial charge in [-0.2, -0.15) is 0 Å². The predicted molar refractivity (Wildman–Crippen MR) is 58.1 cm³/mol. The summed E-state index contributed by atoms with van der Waals surface area (Å²) < 4.78 is 0. The van der Waals surface area contributed by atoms with E-state index in [0.29, 0.717) is 5.56 Å². The lowest BCUT2D eigenvalue weighted by Gasteiger charge is -2.25. The second-order valence-corrected chi connectivity index (χ2v) is 4.80. The van der Waals surface area contributed by atoms with Gasteiger partial charge in [0.05, 0.1) is 0 Å². The van der Waals surface area contributed by atoms with Crippen LogP contribution in [0.3, 0.4) is 0 Å². The molecule has 3 atom stereocenters. The highest BCUT2D eigenvalue weighted by atomic mass is 16.4. The quantitative estimate of drug-likeness (QED) is 0.756. The minimum Gasteiger partial charge on any atom is -0.479 e. The molecule has 1 fully saturated rings. The Balaban J connectivity index is 2.23. The second-order valence-electron chi connectivity index (χ2n) is 4.80. The van der Waals surface area contributed by atoms with Gasteiger partial charge >= 0.3 is 5.97 Å². The fourth-order valence-corrected chi connectivity index (χ4v) is 3.47. The van der Waals surface area contributed by atoms with Gasteiger partial charge in [-0.25, -0.2) is 4.79 Å². The molecule has 0 saturated heterocycles. The third-order valence-corrected chi connectivity index (χ3v) is 4.15. The normalized spacial score (nSPS) is 35.8. The van der Waals surface area contributed by atoms with E-state index in [0.717, 1.165) is 24.8 Å². The van der Waals surface area contributed by atoms with Crippen molar-refractivity contribution in [2.75, 3.05) is 0 Å². The molecule has 0 radical (unpaired) electrons. The van der Waals surface area contributed by atoms with Crippen LogP contribution >= 0.6 is 0 Å². The van der Waals surface area contributed by atoms with E-state index in [-0.39, 0.29) is 11.8 Å². The molecule has 0 unspecified atom stereocenters. The first-order chi connectivity index (χ1) is 7.65. The molecule has 1 aromatic rings. The molecule has 0 bridgehead atoms. The number of aliphatic carboxylic acids is 1. The zero-order chi connectivity index (χ0) is 11.3. The molecule has 0 aromatic heterocycles. The van der Waals surface area contributed by atoms with E-state index in [4.69, 9.17) is 0 Å². The summed E-state index contributed by atoms with van der Waals surface area (Å²) in [6, 6.07) is 7.43.